The van der Waals surface area contributed by atoms with E-state index in [0.717, 1.165) is 4.31 Å². The quantitative estimate of drug-likeness (QED) is 0.817. The van der Waals surface area contributed by atoms with E-state index < -0.39 is 27.9 Å². The van der Waals surface area contributed by atoms with Crippen LogP contribution in [0.4, 0.5) is 0 Å². The third-order valence-corrected chi connectivity index (χ3v) is 5.38. The molecule has 1 saturated heterocycles. The standard InChI is InChI=1S/C14H18N2O6S/c1-15(2)23(20,21)11-5-3-10(4-6-11)13(17)16-7-8-22-9-12(16)14(18)19/h3-6,12H,7-9H2,1-2H3,(H,18,19). The van der Waals surface area contributed by atoms with Crippen LogP contribution in [-0.4, -0.2) is 74.5 Å². The number of benzene rings is 1. The second-order valence-electron chi connectivity index (χ2n) is 5.24. The Morgan fingerprint density at radius 1 is 1.26 bits per heavy atom. The van der Waals surface area contributed by atoms with Crippen LogP contribution in [-0.2, 0) is 19.6 Å². The molecule has 1 aliphatic rings. The van der Waals surface area contributed by atoms with Gasteiger partial charge in [-0.1, -0.05) is 0 Å². The first-order valence-electron chi connectivity index (χ1n) is 6.89. The number of carbonyl (C=O) groups excluding carboxylic acids is 1. The van der Waals surface area contributed by atoms with Crippen molar-refractivity contribution in [3.05, 3.63) is 29.8 Å². The number of aliphatic carboxylic acids is 1. The summed E-state index contributed by atoms with van der Waals surface area (Å²) in [6, 6.07) is 4.39. The van der Waals surface area contributed by atoms with E-state index in [1.807, 2.05) is 0 Å². The maximum absolute atomic E-state index is 12.5. The second-order valence-corrected chi connectivity index (χ2v) is 7.39. The Hall–Kier alpha value is -1.97. The Labute approximate surface area is 134 Å². The van der Waals surface area contributed by atoms with Gasteiger partial charge in [0.25, 0.3) is 5.91 Å². The minimum absolute atomic E-state index is 0.0613. The lowest BCUT2D eigenvalue weighted by molar-refractivity contribution is -0.147. The summed E-state index contributed by atoms with van der Waals surface area (Å²) in [5.41, 5.74) is 0.232. The molecular formula is C14H18N2O6S. The number of amides is 1. The molecule has 0 bridgehead atoms. The lowest BCUT2D eigenvalue weighted by atomic mass is 10.1. The summed E-state index contributed by atoms with van der Waals surface area (Å²) in [7, 11) is -0.742. The summed E-state index contributed by atoms with van der Waals surface area (Å²) in [6.07, 6.45) is 0. The van der Waals surface area contributed by atoms with E-state index in [1.54, 1.807) is 0 Å². The van der Waals surface area contributed by atoms with E-state index in [2.05, 4.69) is 0 Å². The summed E-state index contributed by atoms with van der Waals surface area (Å²) in [5, 5.41) is 9.16. The molecule has 1 N–H and O–H groups in total. The number of nitrogens with zero attached hydrogens (tertiary/aromatic N) is 2. The molecule has 23 heavy (non-hydrogen) atoms. The number of morpholine rings is 1. The first kappa shape index (κ1) is 17.4. The summed E-state index contributed by atoms with van der Waals surface area (Å²) >= 11 is 0. The van der Waals surface area contributed by atoms with Gasteiger partial charge in [-0.2, -0.15) is 0 Å². The number of hydrogen-bond donors (Lipinski definition) is 1. The first-order valence-corrected chi connectivity index (χ1v) is 8.33. The Bertz CT molecular complexity index is 698. The highest BCUT2D eigenvalue weighted by Gasteiger charge is 2.33. The molecule has 0 radical (unpaired) electrons. The van der Waals surface area contributed by atoms with Gasteiger partial charge in [-0.25, -0.2) is 17.5 Å². The van der Waals surface area contributed by atoms with Crippen molar-refractivity contribution in [3.8, 4) is 0 Å². The van der Waals surface area contributed by atoms with Gasteiger partial charge in [0.1, 0.15) is 0 Å². The third kappa shape index (κ3) is 3.52. The maximum Gasteiger partial charge on any atom is 0.328 e. The van der Waals surface area contributed by atoms with Gasteiger partial charge < -0.3 is 14.7 Å². The predicted molar refractivity (Wildman–Crippen MR) is 80.6 cm³/mol. The van der Waals surface area contributed by atoms with Gasteiger partial charge >= 0.3 is 5.97 Å². The van der Waals surface area contributed by atoms with Crippen LogP contribution in [0.2, 0.25) is 0 Å². The normalized spacial score (nSPS) is 18.9. The molecule has 8 nitrogen and oxygen atoms in total. The van der Waals surface area contributed by atoms with Gasteiger partial charge in [-0.3, -0.25) is 4.79 Å². The molecule has 1 aliphatic heterocycles. The topological polar surface area (TPSA) is 104 Å². The van der Waals surface area contributed by atoms with Crippen LogP contribution < -0.4 is 0 Å². The second kappa shape index (κ2) is 6.65. The minimum Gasteiger partial charge on any atom is -0.480 e. The fourth-order valence-corrected chi connectivity index (χ4v) is 3.10. The molecule has 1 amide bonds. The molecule has 1 heterocycles. The van der Waals surface area contributed by atoms with Crippen LogP contribution in [0.3, 0.4) is 0 Å². The lowest BCUT2D eigenvalue weighted by Crippen LogP contribution is -2.52. The molecule has 0 saturated carbocycles. The van der Waals surface area contributed by atoms with Crippen molar-refractivity contribution in [2.45, 2.75) is 10.9 Å². The van der Waals surface area contributed by atoms with E-state index in [1.165, 1.54) is 43.3 Å². The largest absolute Gasteiger partial charge is 0.480 e. The molecule has 0 aromatic heterocycles. The summed E-state index contributed by atoms with van der Waals surface area (Å²) in [6.45, 7) is 0.379. The molecular weight excluding hydrogens is 324 g/mol. The summed E-state index contributed by atoms with van der Waals surface area (Å²) < 4.78 is 30.2. The highest BCUT2D eigenvalue weighted by molar-refractivity contribution is 7.89. The Morgan fingerprint density at radius 2 is 1.87 bits per heavy atom. The van der Waals surface area contributed by atoms with Crippen LogP contribution in [0.5, 0.6) is 0 Å². The zero-order chi connectivity index (χ0) is 17.2. The highest BCUT2D eigenvalue weighted by atomic mass is 32.2. The van der Waals surface area contributed by atoms with Crippen molar-refractivity contribution < 1.29 is 27.9 Å². The zero-order valence-electron chi connectivity index (χ0n) is 12.8. The van der Waals surface area contributed by atoms with Gasteiger partial charge in [-0.05, 0) is 24.3 Å². The molecule has 1 aromatic carbocycles. The molecule has 0 spiro atoms. The zero-order valence-corrected chi connectivity index (χ0v) is 13.6. The molecule has 9 heteroatoms. The van der Waals surface area contributed by atoms with Crippen molar-refractivity contribution in [1.29, 1.82) is 0 Å². The monoisotopic (exact) mass is 342 g/mol. The van der Waals surface area contributed by atoms with Crippen molar-refractivity contribution >= 4 is 21.9 Å². The van der Waals surface area contributed by atoms with Crippen molar-refractivity contribution in [3.63, 3.8) is 0 Å². The fourth-order valence-electron chi connectivity index (χ4n) is 2.20. The number of carboxylic acids is 1. The van der Waals surface area contributed by atoms with Gasteiger partial charge in [0.05, 0.1) is 18.1 Å². The van der Waals surface area contributed by atoms with E-state index in [4.69, 9.17) is 9.84 Å². The first-order chi connectivity index (χ1) is 10.7. The molecule has 0 aliphatic carbocycles. The van der Waals surface area contributed by atoms with E-state index in [0.29, 0.717) is 0 Å². The van der Waals surface area contributed by atoms with Crippen molar-refractivity contribution in [1.82, 2.24) is 9.21 Å². The average molecular weight is 342 g/mol. The van der Waals surface area contributed by atoms with Gasteiger partial charge in [0, 0.05) is 26.2 Å². The number of ether oxygens (including phenoxy) is 1. The minimum atomic E-state index is -3.57. The summed E-state index contributed by atoms with van der Waals surface area (Å²) in [5.74, 6) is -1.60. The number of carbonyl (C=O) groups is 2. The van der Waals surface area contributed by atoms with Crippen LogP contribution in [0.15, 0.2) is 29.2 Å². The molecule has 1 fully saturated rings. The van der Waals surface area contributed by atoms with E-state index in [-0.39, 0.29) is 30.2 Å². The predicted octanol–water partition coefficient (Wildman–Crippen LogP) is -0.137. The SMILES string of the molecule is CN(C)S(=O)(=O)c1ccc(C(=O)N2CCOCC2C(=O)O)cc1. The smallest absolute Gasteiger partial charge is 0.328 e. The van der Waals surface area contributed by atoms with Crippen LogP contribution in [0.25, 0.3) is 0 Å². The molecule has 2 rings (SSSR count). The van der Waals surface area contributed by atoms with Gasteiger partial charge in [0.2, 0.25) is 10.0 Å². The molecule has 1 aromatic rings. The molecule has 1 atom stereocenters. The third-order valence-electron chi connectivity index (χ3n) is 3.55. The lowest BCUT2D eigenvalue weighted by Gasteiger charge is -2.32. The average Bonchev–Trinajstić information content (AvgIpc) is 2.54. The Morgan fingerprint density at radius 3 is 2.39 bits per heavy atom. The van der Waals surface area contributed by atoms with Crippen LogP contribution in [0.1, 0.15) is 10.4 Å². The molecule has 1 unspecified atom stereocenters. The summed E-state index contributed by atoms with van der Waals surface area (Å²) in [4.78, 5) is 24.9. The fraction of sp³-hybridized carbons (Fsp3) is 0.429. The van der Waals surface area contributed by atoms with Crippen molar-refractivity contribution in [2.24, 2.45) is 0 Å². The maximum atomic E-state index is 12.5. The number of carboxylic acid groups (broad SMARTS) is 1. The van der Waals surface area contributed by atoms with E-state index >= 15 is 0 Å². The van der Waals surface area contributed by atoms with Gasteiger partial charge in [-0.15, -0.1) is 0 Å². The van der Waals surface area contributed by atoms with Gasteiger partial charge in [0.15, 0.2) is 6.04 Å². The number of rotatable bonds is 4. The van der Waals surface area contributed by atoms with Crippen LogP contribution >= 0.6 is 0 Å². The highest BCUT2D eigenvalue weighted by Crippen LogP contribution is 2.17. The number of hydrogen-bond acceptors (Lipinski definition) is 5. The Balaban J connectivity index is 2.25. The van der Waals surface area contributed by atoms with Crippen molar-refractivity contribution in [2.75, 3.05) is 33.9 Å². The van der Waals surface area contributed by atoms with Crippen LogP contribution in [0, 0.1) is 0 Å². The molecule has 126 valence electrons. The Kier molecular flexibility index (Phi) is 5.03. The number of sulfonamides is 1. The van der Waals surface area contributed by atoms with E-state index in [9.17, 15) is 18.0 Å².